The van der Waals surface area contributed by atoms with E-state index in [1.165, 1.54) is 5.56 Å². The van der Waals surface area contributed by atoms with Crippen LogP contribution in [0.4, 0.5) is 0 Å². The fourth-order valence-corrected chi connectivity index (χ4v) is 4.29. The van der Waals surface area contributed by atoms with Gasteiger partial charge < -0.3 is 14.8 Å². The van der Waals surface area contributed by atoms with Gasteiger partial charge in [0, 0.05) is 17.0 Å². The average Bonchev–Trinajstić information content (AvgIpc) is 3.10. The van der Waals surface area contributed by atoms with Crippen molar-refractivity contribution in [2.75, 3.05) is 19.8 Å². The lowest BCUT2D eigenvalue weighted by molar-refractivity contribution is -0.120. The highest BCUT2D eigenvalue weighted by molar-refractivity contribution is 7.12. The molecule has 0 unspecified atom stereocenters. The van der Waals surface area contributed by atoms with Crippen LogP contribution in [0, 0.1) is 13.8 Å². The summed E-state index contributed by atoms with van der Waals surface area (Å²) in [6.45, 7) is 9.69. The molecule has 0 saturated carbocycles. The average molecular weight is 439 g/mol. The predicted octanol–water partition coefficient (Wildman–Crippen LogP) is 5.13. The minimum absolute atomic E-state index is 0.00739. The van der Waals surface area contributed by atoms with Crippen molar-refractivity contribution >= 4 is 17.2 Å². The number of ether oxygens (including phenoxy) is 2. The van der Waals surface area contributed by atoms with Crippen LogP contribution in [0.15, 0.2) is 42.5 Å². The number of carbonyl (C=O) groups is 1. The Kier molecular flexibility index (Phi) is 8.06. The number of nitrogens with zero attached hydrogens (tertiary/aromatic N) is 1. The Hall–Kier alpha value is -2.86. The molecule has 3 aromatic rings. The van der Waals surface area contributed by atoms with E-state index in [0.29, 0.717) is 26.2 Å². The van der Waals surface area contributed by atoms with E-state index >= 15 is 0 Å². The number of aromatic nitrogens is 1. The first-order chi connectivity index (χ1) is 15.0. The summed E-state index contributed by atoms with van der Waals surface area (Å²) >= 11 is 1.58. The van der Waals surface area contributed by atoms with Crippen molar-refractivity contribution in [2.45, 2.75) is 40.5 Å². The van der Waals surface area contributed by atoms with Crippen molar-refractivity contribution in [1.29, 1.82) is 0 Å². The molecule has 0 aliphatic carbocycles. The zero-order chi connectivity index (χ0) is 22.2. The summed E-state index contributed by atoms with van der Waals surface area (Å²) in [6, 6.07) is 14.2. The van der Waals surface area contributed by atoms with E-state index < -0.39 is 0 Å². The third-order valence-electron chi connectivity index (χ3n) is 4.79. The minimum Gasteiger partial charge on any atom is -0.490 e. The smallest absolute Gasteiger partial charge is 0.225 e. The monoisotopic (exact) mass is 438 g/mol. The first-order valence-corrected chi connectivity index (χ1v) is 11.5. The molecule has 1 amide bonds. The van der Waals surface area contributed by atoms with Crippen molar-refractivity contribution in [3.8, 4) is 22.8 Å². The molecule has 0 aliphatic rings. The van der Waals surface area contributed by atoms with Gasteiger partial charge in [0.2, 0.25) is 5.91 Å². The van der Waals surface area contributed by atoms with Crippen LogP contribution in [-0.2, 0) is 17.6 Å². The molecule has 6 heteroatoms. The SMILES string of the molecule is CCOc1ccc(CCNC(=O)Cc2sc(C)nc2-c2ccc(C)cc2)cc1OCC. The highest BCUT2D eigenvalue weighted by atomic mass is 32.1. The van der Waals surface area contributed by atoms with Gasteiger partial charge >= 0.3 is 0 Å². The van der Waals surface area contributed by atoms with E-state index in [0.717, 1.165) is 44.6 Å². The minimum atomic E-state index is 0.00739. The second-order valence-corrected chi connectivity index (χ2v) is 8.58. The van der Waals surface area contributed by atoms with Gasteiger partial charge in [-0.3, -0.25) is 4.79 Å². The highest BCUT2D eigenvalue weighted by Gasteiger charge is 2.15. The molecule has 0 spiro atoms. The maximum absolute atomic E-state index is 12.6. The Bertz CT molecular complexity index is 1010. The number of amides is 1. The third-order valence-corrected chi connectivity index (χ3v) is 5.76. The summed E-state index contributed by atoms with van der Waals surface area (Å²) in [5.74, 6) is 1.50. The summed E-state index contributed by atoms with van der Waals surface area (Å²) in [5.41, 5.74) is 4.26. The second kappa shape index (κ2) is 11.0. The van der Waals surface area contributed by atoms with Gasteiger partial charge in [-0.05, 0) is 51.8 Å². The number of nitrogens with one attached hydrogen (secondary N) is 1. The first kappa shape index (κ1) is 22.8. The molecule has 31 heavy (non-hydrogen) atoms. The van der Waals surface area contributed by atoms with Gasteiger partial charge in [-0.2, -0.15) is 0 Å². The third kappa shape index (κ3) is 6.31. The maximum atomic E-state index is 12.6. The van der Waals surface area contributed by atoms with Gasteiger partial charge in [0.15, 0.2) is 11.5 Å². The molecule has 0 aliphatic heterocycles. The Balaban J connectivity index is 1.59. The molecule has 1 aromatic heterocycles. The fraction of sp³-hybridized carbons (Fsp3) is 0.360. The van der Waals surface area contributed by atoms with Crippen molar-refractivity contribution in [3.63, 3.8) is 0 Å². The van der Waals surface area contributed by atoms with Crippen LogP contribution in [0.5, 0.6) is 11.5 Å². The molecular formula is C25H30N2O3S. The van der Waals surface area contributed by atoms with Crippen LogP contribution in [-0.4, -0.2) is 30.6 Å². The lowest BCUT2D eigenvalue weighted by Gasteiger charge is -2.12. The summed E-state index contributed by atoms with van der Waals surface area (Å²) < 4.78 is 11.3. The van der Waals surface area contributed by atoms with E-state index in [1.54, 1.807) is 11.3 Å². The predicted molar refractivity (Wildman–Crippen MR) is 126 cm³/mol. The normalized spacial score (nSPS) is 10.7. The quantitative estimate of drug-likeness (QED) is 0.477. The van der Waals surface area contributed by atoms with E-state index in [-0.39, 0.29) is 5.91 Å². The van der Waals surface area contributed by atoms with Crippen LogP contribution in [0.2, 0.25) is 0 Å². The van der Waals surface area contributed by atoms with Crippen molar-refractivity contribution in [3.05, 3.63) is 63.5 Å². The molecule has 0 atom stereocenters. The number of hydrogen-bond acceptors (Lipinski definition) is 5. The van der Waals surface area contributed by atoms with Gasteiger partial charge in [0.25, 0.3) is 0 Å². The van der Waals surface area contributed by atoms with E-state index in [1.807, 2.05) is 39.0 Å². The zero-order valence-corrected chi connectivity index (χ0v) is 19.5. The lowest BCUT2D eigenvalue weighted by atomic mass is 10.1. The lowest BCUT2D eigenvalue weighted by Crippen LogP contribution is -2.27. The van der Waals surface area contributed by atoms with Gasteiger partial charge in [-0.1, -0.05) is 35.9 Å². The number of benzene rings is 2. The summed E-state index contributed by atoms with van der Waals surface area (Å²) in [4.78, 5) is 18.2. The Morgan fingerprint density at radius 3 is 2.42 bits per heavy atom. The number of aryl methyl sites for hydroxylation is 2. The summed E-state index contributed by atoms with van der Waals surface area (Å²) in [5, 5.41) is 4.00. The van der Waals surface area contributed by atoms with Crippen LogP contribution < -0.4 is 14.8 Å². The second-order valence-electron chi connectivity index (χ2n) is 7.29. The molecule has 1 heterocycles. The number of hydrogen-bond donors (Lipinski definition) is 1. The highest BCUT2D eigenvalue weighted by Crippen LogP contribution is 2.30. The van der Waals surface area contributed by atoms with Gasteiger partial charge in [-0.25, -0.2) is 4.98 Å². The zero-order valence-electron chi connectivity index (χ0n) is 18.7. The van der Waals surface area contributed by atoms with Crippen molar-refractivity contribution in [1.82, 2.24) is 10.3 Å². The van der Waals surface area contributed by atoms with Gasteiger partial charge in [-0.15, -0.1) is 11.3 Å². The largest absolute Gasteiger partial charge is 0.490 e. The topological polar surface area (TPSA) is 60.5 Å². The molecule has 5 nitrogen and oxygen atoms in total. The summed E-state index contributed by atoms with van der Waals surface area (Å²) in [6.07, 6.45) is 1.06. The molecular weight excluding hydrogens is 408 g/mol. The van der Waals surface area contributed by atoms with Crippen LogP contribution >= 0.6 is 11.3 Å². The molecule has 0 saturated heterocycles. The van der Waals surface area contributed by atoms with Crippen molar-refractivity contribution in [2.24, 2.45) is 0 Å². The summed E-state index contributed by atoms with van der Waals surface area (Å²) in [7, 11) is 0. The molecule has 0 fully saturated rings. The van der Waals surface area contributed by atoms with Crippen molar-refractivity contribution < 1.29 is 14.3 Å². The fourth-order valence-electron chi connectivity index (χ4n) is 3.33. The van der Waals surface area contributed by atoms with E-state index in [4.69, 9.17) is 9.47 Å². The molecule has 0 bridgehead atoms. The van der Waals surface area contributed by atoms with Crippen LogP contribution in [0.1, 0.15) is 34.9 Å². The van der Waals surface area contributed by atoms with Crippen LogP contribution in [0.25, 0.3) is 11.3 Å². The van der Waals surface area contributed by atoms with E-state index in [9.17, 15) is 4.79 Å². The van der Waals surface area contributed by atoms with Gasteiger partial charge in [0.1, 0.15) is 0 Å². The molecule has 1 N–H and O–H groups in total. The Morgan fingerprint density at radius 1 is 1.00 bits per heavy atom. The molecule has 164 valence electrons. The Morgan fingerprint density at radius 2 is 1.71 bits per heavy atom. The Labute approximate surface area is 188 Å². The number of rotatable bonds is 10. The van der Waals surface area contributed by atoms with Gasteiger partial charge in [0.05, 0.1) is 30.3 Å². The molecule has 3 rings (SSSR count). The number of carbonyl (C=O) groups excluding carboxylic acids is 1. The molecule has 0 radical (unpaired) electrons. The molecule has 2 aromatic carbocycles. The first-order valence-electron chi connectivity index (χ1n) is 10.7. The standard InChI is InChI=1S/C25H30N2O3S/c1-5-29-21-12-9-19(15-22(21)30-6-2)13-14-26-24(28)16-23-25(27-18(4)31-23)20-10-7-17(3)8-11-20/h7-12,15H,5-6,13-14,16H2,1-4H3,(H,26,28). The number of thiazole rings is 1. The van der Waals surface area contributed by atoms with Crippen LogP contribution in [0.3, 0.4) is 0 Å². The van der Waals surface area contributed by atoms with E-state index in [2.05, 4.69) is 41.5 Å². The maximum Gasteiger partial charge on any atom is 0.225 e.